The van der Waals surface area contributed by atoms with Gasteiger partial charge in [0.05, 0.1) is 12.5 Å². The number of phenols is 2. The van der Waals surface area contributed by atoms with Gasteiger partial charge in [0, 0.05) is 36.5 Å². The van der Waals surface area contributed by atoms with Crippen molar-refractivity contribution in [3.8, 4) is 17.2 Å². The molecule has 0 unspecified atom stereocenters. The molecule has 0 radical (unpaired) electrons. The van der Waals surface area contributed by atoms with Gasteiger partial charge in [-0.15, -0.1) is 0 Å². The van der Waals surface area contributed by atoms with Gasteiger partial charge in [-0.25, -0.2) is 0 Å². The lowest BCUT2D eigenvalue weighted by Gasteiger charge is -2.33. The third-order valence-electron chi connectivity index (χ3n) is 6.41. The molecule has 2 rings (SSSR count). The number of allylic oxidation sites excluding steroid dienone is 5. The van der Waals surface area contributed by atoms with Crippen LogP contribution in [0.15, 0.2) is 40.4 Å². The Kier molecular flexibility index (Phi) is 9.13. The summed E-state index contributed by atoms with van der Waals surface area (Å²) in [5.41, 5.74) is -1.52. The first-order chi connectivity index (χ1) is 16.8. The van der Waals surface area contributed by atoms with E-state index < -0.39 is 57.8 Å². The molecule has 1 atom stereocenters. The van der Waals surface area contributed by atoms with Crippen LogP contribution in [-0.4, -0.2) is 44.9 Å². The summed E-state index contributed by atoms with van der Waals surface area (Å²) in [4.78, 5) is 39.0. The van der Waals surface area contributed by atoms with E-state index >= 15 is 0 Å². The number of aliphatic hydroxyl groups excluding tert-OH is 2. The van der Waals surface area contributed by atoms with Gasteiger partial charge in [-0.3, -0.25) is 14.4 Å². The van der Waals surface area contributed by atoms with Gasteiger partial charge in [0.1, 0.15) is 39.9 Å². The highest BCUT2D eigenvalue weighted by molar-refractivity contribution is 6.24. The topological polar surface area (TPSA) is 141 Å². The van der Waals surface area contributed by atoms with Gasteiger partial charge in [0.2, 0.25) is 0 Å². The number of hydrogen-bond donors (Lipinski definition) is 4. The summed E-state index contributed by atoms with van der Waals surface area (Å²) in [6.07, 6.45) is 2.49. The SMILES string of the molecule is CCCC(=O)C1=C(O)C(Cc2c(O)cc(OC)c(C(=O)CCC)c2O)=C(O)[C@@](C)(CC=C(C)C)C1=O. The Hall–Kier alpha value is -3.55. The fraction of sp³-hybridized carbons (Fsp3) is 0.464. The van der Waals surface area contributed by atoms with Crippen molar-refractivity contribution in [2.75, 3.05) is 7.11 Å². The van der Waals surface area contributed by atoms with Crippen molar-refractivity contribution in [3.05, 3.63) is 51.5 Å². The summed E-state index contributed by atoms with van der Waals surface area (Å²) in [6.45, 7) is 8.71. The zero-order chi connectivity index (χ0) is 27.4. The van der Waals surface area contributed by atoms with E-state index in [9.17, 15) is 34.8 Å². The molecule has 0 amide bonds. The number of methoxy groups -OCH3 is 1. The molecule has 36 heavy (non-hydrogen) atoms. The van der Waals surface area contributed by atoms with Gasteiger partial charge >= 0.3 is 0 Å². The van der Waals surface area contributed by atoms with Crippen LogP contribution in [0.2, 0.25) is 0 Å². The molecule has 8 nitrogen and oxygen atoms in total. The summed E-state index contributed by atoms with van der Waals surface area (Å²) in [5.74, 6) is -3.83. The molecule has 0 spiro atoms. The van der Waals surface area contributed by atoms with Crippen molar-refractivity contribution < 1.29 is 39.5 Å². The van der Waals surface area contributed by atoms with Gasteiger partial charge in [-0.1, -0.05) is 25.5 Å². The number of aliphatic hydroxyl groups is 2. The number of benzene rings is 1. The maximum atomic E-state index is 13.4. The Morgan fingerprint density at radius 2 is 1.61 bits per heavy atom. The lowest BCUT2D eigenvalue weighted by Crippen LogP contribution is -2.39. The number of carbonyl (C=O) groups is 3. The van der Waals surface area contributed by atoms with Crippen LogP contribution in [0.3, 0.4) is 0 Å². The molecule has 1 aliphatic rings. The number of aromatic hydroxyl groups is 2. The number of ketones is 3. The molecule has 0 heterocycles. The van der Waals surface area contributed by atoms with E-state index in [1.807, 2.05) is 13.8 Å². The molecule has 4 N–H and O–H groups in total. The maximum absolute atomic E-state index is 13.4. The minimum Gasteiger partial charge on any atom is -0.511 e. The lowest BCUT2D eigenvalue weighted by atomic mass is 9.69. The molecule has 1 aliphatic carbocycles. The number of carbonyl (C=O) groups excluding carboxylic acids is 3. The van der Waals surface area contributed by atoms with Crippen LogP contribution in [0, 0.1) is 5.41 Å². The molecule has 0 aliphatic heterocycles. The number of ether oxygens (including phenoxy) is 1. The molecular weight excluding hydrogens is 464 g/mol. The average molecular weight is 501 g/mol. The summed E-state index contributed by atoms with van der Waals surface area (Å²) < 4.78 is 5.18. The van der Waals surface area contributed by atoms with E-state index in [4.69, 9.17) is 4.74 Å². The summed E-state index contributed by atoms with van der Waals surface area (Å²) in [6, 6.07) is 1.18. The van der Waals surface area contributed by atoms with Crippen LogP contribution >= 0.6 is 0 Å². The van der Waals surface area contributed by atoms with E-state index in [0.717, 1.165) is 5.57 Å². The molecule has 0 fully saturated rings. The number of phenolic OH excluding ortho intramolecular Hbond substituents is 2. The van der Waals surface area contributed by atoms with Crippen molar-refractivity contribution in [1.29, 1.82) is 0 Å². The minimum atomic E-state index is -1.55. The standard InChI is InChI=1S/C28H36O8/c1-7-9-18(29)22-21(36-6)14-20(31)16(24(22)32)13-17-25(33)23(19(30)10-8-2)27(35)28(5,26(17)34)12-11-15(3)4/h11,14,31-34H,7-10,12-13H2,1-6H3/t28-/m1/s1. The van der Waals surface area contributed by atoms with Crippen molar-refractivity contribution in [2.24, 2.45) is 5.41 Å². The second-order valence-corrected chi connectivity index (χ2v) is 9.52. The predicted molar refractivity (Wildman–Crippen MR) is 136 cm³/mol. The van der Waals surface area contributed by atoms with Crippen molar-refractivity contribution in [2.45, 2.75) is 73.1 Å². The van der Waals surface area contributed by atoms with Gasteiger partial charge in [0.25, 0.3) is 0 Å². The molecular formula is C28H36O8. The Morgan fingerprint density at radius 3 is 2.14 bits per heavy atom. The highest BCUT2D eigenvalue weighted by Crippen LogP contribution is 2.46. The summed E-state index contributed by atoms with van der Waals surface area (Å²) >= 11 is 0. The Morgan fingerprint density at radius 1 is 1.03 bits per heavy atom. The Bertz CT molecular complexity index is 1160. The highest BCUT2D eigenvalue weighted by atomic mass is 16.5. The zero-order valence-electron chi connectivity index (χ0n) is 21.8. The first-order valence-electron chi connectivity index (χ1n) is 12.1. The highest BCUT2D eigenvalue weighted by Gasteiger charge is 2.47. The monoisotopic (exact) mass is 500 g/mol. The second kappa shape index (κ2) is 11.5. The first kappa shape index (κ1) is 28.7. The smallest absolute Gasteiger partial charge is 0.183 e. The van der Waals surface area contributed by atoms with E-state index in [2.05, 4.69) is 0 Å². The minimum absolute atomic E-state index is 0.0174. The van der Waals surface area contributed by atoms with Crippen molar-refractivity contribution >= 4 is 17.3 Å². The van der Waals surface area contributed by atoms with Gasteiger partial charge in [-0.2, -0.15) is 0 Å². The average Bonchev–Trinajstić information content (AvgIpc) is 2.81. The Balaban J connectivity index is 2.81. The zero-order valence-corrected chi connectivity index (χ0v) is 21.8. The lowest BCUT2D eigenvalue weighted by molar-refractivity contribution is -0.127. The van der Waals surface area contributed by atoms with Crippen LogP contribution in [0.25, 0.3) is 0 Å². The number of hydrogen-bond acceptors (Lipinski definition) is 8. The molecule has 196 valence electrons. The summed E-state index contributed by atoms with van der Waals surface area (Å²) in [5, 5.41) is 43.9. The third-order valence-corrected chi connectivity index (χ3v) is 6.41. The molecule has 0 aromatic heterocycles. The first-order valence-corrected chi connectivity index (χ1v) is 12.1. The van der Waals surface area contributed by atoms with Crippen LogP contribution < -0.4 is 4.74 Å². The predicted octanol–water partition coefficient (Wildman–Crippen LogP) is 5.57. The van der Waals surface area contributed by atoms with E-state index in [-0.39, 0.29) is 41.7 Å². The molecule has 1 aromatic carbocycles. The number of rotatable bonds is 11. The van der Waals surface area contributed by atoms with Gasteiger partial charge in [-0.05, 0) is 40.0 Å². The molecule has 1 aromatic rings. The normalized spacial score (nSPS) is 17.9. The fourth-order valence-corrected chi connectivity index (χ4v) is 4.27. The third kappa shape index (κ3) is 5.32. The van der Waals surface area contributed by atoms with Crippen LogP contribution in [-0.2, 0) is 16.0 Å². The molecule has 0 saturated carbocycles. The molecule has 8 heteroatoms. The largest absolute Gasteiger partial charge is 0.511 e. The number of Topliss-reactive ketones (excluding diaryl/α,β-unsaturated/α-hetero) is 3. The van der Waals surface area contributed by atoms with Crippen molar-refractivity contribution in [1.82, 2.24) is 0 Å². The van der Waals surface area contributed by atoms with E-state index in [1.165, 1.54) is 20.1 Å². The molecule has 0 saturated heterocycles. The maximum Gasteiger partial charge on any atom is 0.183 e. The van der Waals surface area contributed by atoms with E-state index in [1.54, 1.807) is 19.9 Å². The van der Waals surface area contributed by atoms with Gasteiger partial charge < -0.3 is 25.2 Å². The van der Waals surface area contributed by atoms with E-state index in [0.29, 0.717) is 12.8 Å². The Labute approximate surface area is 211 Å². The van der Waals surface area contributed by atoms with Crippen LogP contribution in [0.4, 0.5) is 0 Å². The van der Waals surface area contributed by atoms with Crippen LogP contribution in [0.1, 0.15) is 82.6 Å². The van der Waals surface area contributed by atoms with Crippen molar-refractivity contribution in [3.63, 3.8) is 0 Å². The van der Waals surface area contributed by atoms with Crippen LogP contribution in [0.5, 0.6) is 17.2 Å². The second-order valence-electron chi connectivity index (χ2n) is 9.52. The molecule has 0 bridgehead atoms. The summed E-state index contributed by atoms with van der Waals surface area (Å²) in [7, 11) is 1.30. The quantitative estimate of drug-likeness (QED) is 0.175. The fourth-order valence-electron chi connectivity index (χ4n) is 4.27. The van der Waals surface area contributed by atoms with Gasteiger partial charge in [0.15, 0.2) is 17.3 Å².